The lowest BCUT2D eigenvalue weighted by Gasteiger charge is -2.04. The fraction of sp³-hybridized carbons (Fsp3) is 0.353. The molecule has 3 aromatic rings. The Balaban J connectivity index is 2.17. The predicted octanol–water partition coefficient (Wildman–Crippen LogP) is 3.06. The van der Waals surface area contributed by atoms with Gasteiger partial charge in [-0.2, -0.15) is 0 Å². The van der Waals surface area contributed by atoms with E-state index in [9.17, 15) is 0 Å². The first-order valence-corrected chi connectivity index (χ1v) is 10.9. The van der Waals surface area contributed by atoms with Gasteiger partial charge in [0.1, 0.15) is 11.7 Å². The van der Waals surface area contributed by atoms with Crippen LogP contribution in [-0.2, 0) is 19.9 Å². The molecule has 0 saturated carbocycles. The maximum absolute atomic E-state index is 2.50. The highest BCUT2D eigenvalue weighted by molar-refractivity contribution is 7.26. The van der Waals surface area contributed by atoms with Gasteiger partial charge in [-0.15, -0.1) is 11.3 Å². The molecule has 1 nitrogen and oxygen atoms in total. The van der Waals surface area contributed by atoms with Crippen LogP contribution in [0, 0.1) is 0 Å². The van der Waals surface area contributed by atoms with E-state index in [0.29, 0.717) is 0 Å². The van der Waals surface area contributed by atoms with Crippen molar-refractivity contribution in [2.75, 3.05) is 0 Å². The second kappa shape index (κ2) is 4.40. The number of pyridine rings is 1. The minimum Gasteiger partial charge on any atom is -0.204 e. The van der Waals surface area contributed by atoms with Crippen molar-refractivity contribution < 1.29 is 4.57 Å². The number of thiophene rings is 1. The highest BCUT2D eigenvalue weighted by Crippen LogP contribution is 2.38. The minimum atomic E-state index is -0.640. The number of hydrogen-bond donors (Lipinski definition) is 0. The van der Waals surface area contributed by atoms with Crippen LogP contribution in [0.15, 0.2) is 24.4 Å². The van der Waals surface area contributed by atoms with E-state index in [2.05, 4.69) is 49.5 Å². The van der Waals surface area contributed by atoms with Gasteiger partial charge in [0, 0.05) is 28.0 Å². The Labute approximate surface area is 125 Å². The molecule has 0 fully saturated rings. The van der Waals surface area contributed by atoms with Crippen LogP contribution in [0.1, 0.15) is 18.2 Å². The number of rotatable bonds is 1. The van der Waals surface area contributed by atoms with E-state index in [0.717, 1.165) is 6.42 Å². The predicted molar refractivity (Wildman–Crippen MR) is 91.0 cm³/mol. The van der Waals surface area contributed by atoms with Gasteiger partial charge in [-0.1, -0.05) is 30.8 Å². The molecular weight excluding hydrogens is 278 g/mol. The minimum absolute atomic E-state index is 0.640. The first-order chi connectivity index (χ1) is 9.70. The maximum atomic E-state index is 2.50. The van der Waals surface area contributed by atoms with Gasteiger partial charge in [-0.05, 0) is 18.1 Å². The van der Waals surface area contributed by atoms with Crippen molar-refractivity contribution in [3.05, 3.63) is 35.7 Å². The number of aryl methyl sites for hydroxylation is 3. The van der Waals surface area contributed by atoms with Crippen molar-refractivity contribution in [2.45, 2.75) is 32.4 Å². The summed E-state index contributed by atoms with van der Waals surface area (Å²) in [6, 6.07) is 8.60. The van der Waals surface area contributed by atoms with E-state index in [-0.39, 0.29) is 0 Å². The van der Waals surface area contributed by atoms with E-state index in [1.807, 2.05) is 11.3 Å². The lowest BCUT2D eigenvalue weighted by molar-refractivity contribution is -0.677. The summed E-state index contributed by atoms with van der Waals surface area (Å²) in [4.78, 5) is 0. The first kappa shape index (κ1) is 12.5. The Morgan fingerprint density at radius 3 is 2.95 bits per heavy atom. The summed E-state index contributed by atoms with van der Waals surface area (Å²) >= 11 is 1.99. The molecular formula is C17H20NSSi+. The zero-order valence-electron chi connectivity index (χ0n) is 12.4. The zero-order valence-corrected chi connectivity index (χ0v) is 14.3. The summed E-state index contributed by atoms with van der Waals surface area (Å²) in [7, 11) is 1.53. The van der Waals surface area contributed by atoms with E-state index in [1.54, 1.807) is 16.1 Å². The number of fused-ring (bicyclic) bond motifs is 5. The van der Waals surface area contributed by atoms with Crippen molar-refractivity contribution in [1.29, 1.82) is 0 Å². The van der Waals surface area contributed by atoms with Crippen LogP contribution >= 0.6 is 11.3 Å². The van der Waals surface area contributed by atoms with Crippen molar-refractivity contribution in [1.82, 2.24) is 0 Å². The standard InChI is InChI=1S/C17H20NSSi/c1-4-13-17-12(7-9-18(13)2)16-11-8-10-20(3)15(11)6-5-14(16)19-17/h5-7,9,20H,4,8,10H2,1-3H3/q+1. The van der Waals surface area contributed by atoms with E-state index in [1.165, 1.54) is 32.9 Å². The Bertz CT molecular complexity index is 834. The van der Waals surface area contributed by atoms with Crippen LogP contribution in [0.2, 0.25) is 12.6 Å². The largest absolute Gasteiger partial charge is 0.204 e. The average molecular weight is 299 g/mol. The van der Waals surface area contributed by atoms with Gasteiger partial charge in [0.25, 0.3) is 0 Å². The van der Waals surface area contributed by atoms with Crippen LogP contribution in [-0.4, -0.2) is 8.80 Å². The monoisotopic (exact) mass is 298 g/mol. The van der Waals surface area contributed by atoms with E-state index >= 15 is 0 Å². The van der Waals surface area contributed by atoms with Crippen molar-refractivity contribution in [3.8, 4) is 0 Å². The van der Waals surface area contributed by atoms with Gasteiger partial charge < -0.3 is 0 Å². The number of hydrogen-bond acceptors (Lipinski definition) is 1. The third-order valence-electron chi connectivity index (χ3n) is 4.88. The lowest BCUT2D eigenvalue weighted by Crippen LogP contribution is -2.32. The van der Waals surface area contributed by atoms with Crippen molar-refractivity contribution in [3.63, 3.8) is 0 Å². The van der Waals surface area contributed by atoms with Gasteiger partial charge in [-0.25, -0.2) is 4.57 Å². The van der Waals surface area contributed by atoms with Gasteiger partial charge in [0.15, 0.2) is 11.9 Å². The molecule has 0 aliphatic carbocycles. The van der Waals surface area contributed by atoms with E-state index < -0.39 is 8.80 Å². The van der Waals surface area contributed by atoms with Crippen molar-refractivity contribution in [2.24, 2.45) is 7.05 Å². The van der Waals surface area contributed by atoms with Gasteiger partial charge >= 0.3 is 0 Å². The maximum Gasteiger partial charge on any atom is 0.198 e. The fourth-order valence-electron chi connectivity index (χ4n) is 3.77. The second-order valence-electron chi connectivity index (χ2n) is 6.02. The summed E-state index contributed by atoms with van der Waals surface area (Å²) in [6.07, 6.45) is 4.66. The smallest absolute Gasteiger partial charge is 0.198 e. The zero-order chi connectivity index (χ0) is 13.9. The van der Waals surface area contributed by atoms with Gasteiger partial charge in [0.05, 0.1) is 8.80 Å². The molecule has 1 aliphatic heterocycles. The molecule has 3 heteroatoms. The topological polar surface area (TPSA) is 3.88 Å². The molecule has 102 valence electrons. The molecule has 1 unspecified atom stereocenters. The molecule has 0 N–H and O–H groups in total. The highest BCUT2D eigenvalue weighted by Gasteiger charge is 2.25. The normalized spacial score (nSPS) is 18.1. The van der Waals surface area contributed by atoms with Crippen LogP contribution in [0.5, 0.6) is 0 Å². The first-order valence-electron chi connectivity index (χ1n) is 7.56. The van der Waals surface area contributed by atoms with Gasteiger partial charge in [-0.3, -0.25) is 0 Å². The third kappa shape index (κ3) is 1.56. The molecule has 1 atom stereocenters. The number of nitrogens with zero attached hydrogens (tertiary/aromatic N) is 1. The van der Waals surface area contributed by atoms with Gasteiger partial charge in [0.2, 0.25) is 0 Å². The Morgan fingerprint density at radius 2 is 2.15 bits per heavy atom. The van der Waals surface area contributed by atoms with E-state index in [4.69, 9.17) is 0 Å². The fourth-order valence-corrected chi connectivity index (χ4v) is 7.49. The van der Waals surface area contributed by atoms with Crippen LogP contribution < -0.4 is 9.75 Å². The SMILES string of the molecule is CCc1c2sc3ccc4c(c3c2cc[n+]1C)CC[SiH]4C. The molecule has 0 saturated heterocycles. The summed E-state index contributed by atoms with van der Waals surface area (Å²) in [6.45, 7) is 4.77. The molecule has 0 bridgehead atoms. The summed E-state index contributed by atoms with van der Waals surface area (Å²) in [5, 5.41) is 4.80. The average Bonchev–Trinajstić information content (AvgIpc) is 2.99. The third-order valence-corrected chi connectivity index (χ3v) is 8.86. The molecule has 0 radical (unpaired) electrons. The number of aromatic nitrogens is 1. The molecule has 2 aromatic heterocycles. The Hall–Kier alpha value is -1.19. The second-order valence-corrected chi connectivity index (χ2v) is 10.1. The summed E-state index contributed by atoms with van der Waals surface area (Å²) in [5.74, 6) is 0. The summed E-state index contributed by atoms with van der Waals surface area (Å²) < 4.78 is 5.28. The Kier molecular flexibility index (Phi) is 2.76. The molecule has 1 aromatic carbocycles. The molecule has 0 amide bonds. The van der Waals surface area contributed by atoms with Crippen LogP contribution in [0.25, 0.3) is 20.2 Å². The molecule has 0 spiro atoms. The Morgan fingerprint density at radius 1 is 1.30 bits per heavy atom. The highest BCUT2D eigenvalue weighted by atomic mass is 32.1. The van der Waals surface area contributed by atoms with Crippen LogP contribution in [0.3, 0.4) is 0 Å². The summed E-state index contributed by atoms with van der Waals surface area (Å²) in [5.41, 5.74) is 3.16. The number of benzene rings is 1. The molecule has 20 heavy (non-hydrogen) atoms. The molecule has 3 heterocycles. The lowest BCUT2D eigenvalue weighted by atomic mass is 10.0. The molecule has 1 aliphatic rings. The van der Waals surface area contributed by atoms with Crippen LogP contribution in [0.4, 0.5) is 0 Å². The van der Waals surface area contributed by atoms with Crippen molar-refractivity contribution >= 4 is 45.5 Å². The molecule has 4 rings (SSSR count). The quantitative estimate of drug-likeness (QED) is 0.480.